The highest BCUT2D eigenvalue weighted by Gasteiger charge is 2.32. The Bertz CT molecular complexity index is 816. The van der Waals surface area contributed by atoms with Gasteiger partial charge < -0.3 is 4.98 Å². The van der Waals surface area contributed by atoms with E-state index in [9.17, 15) is 4.79 Å². The average molecular weight is 340 g/mol. The molecular formula is C16H16N6OS. The molecule has 1 aromatic carbocycles. The number of H-pyrrole nitrogens is 1. The van der Waals surface area contributed by atoms with E-state index in [4.69, 9.17) is 0 Å². The van der Waals surface area contributed by atoms with Crippen LogP contribution in [0.5, 0.6) is 0 Å². The number of nitrogens with one attached hydrogen (secondary N) is 2. The summed E-state index contributed by atoms with van der Waals surface area (Å²) < 4.78 is 0. The molecule has 0 radical (unpaired) electrons. The summed E-state index contributed by atoms with van der Waals surface area (Å²) in [6.07, 6.45) is 2.58. The highest BCUT2D eigenvalue weighted by Crippen LogP contribution is 2.32. The number of anilines is 1. The van der Waals surface area contributed by atoms with Crippen molar-refractivity contribution in [2.45, 2.75) is 12.5 Å². The molecule has 8 heteroatoms. The second-order valence-electron chi connectivity index (χ2n) is 5.59. The molecule has 2 N–H and O–H groups in total. The Hall–Kier alpha value is -2.58. The molecule has 1 amide bonds. The molecule has 2 aromatic heterocycles. The van der Waals surface area contributed by atoms with Crippen LogP contribution in [0.2, 0.25) is 0 Å². The zero-order chi connectivity index (χ0) is 16.4. The first-order valence-electron chi connectivity index (χ1n) is 7.68. The molecule has 1 atom stereocenters. The van der Waals surface area contributed by atoms with E-state index in [0.717, 1.165) is 29.9 Å². The smallest absolute Gasteiger partial charge is 0.240 e. The SMILES string of the molecule is O=C(CN1CCc2[nH]cnc2C1c1ccccc1)Nc1nncs1. The minimum atomic E-state index is -0.0910. The number of carbonyl (C=O) groups excluding carboxylic acids is 1. The second-order valence-corrected chi connectivity index (χ2v) is 6.43. The van der Waals surface area contributed by atoms with Crippen LogP contribution in [0.25, 0.3) is 0 Å². The van der Waals surface area contributed by atoms with Crippen LogP contribution in [-0.2, 0) is 11.2 Å². The van der Waals surface area contributed by atoms with Gasteiger partial charge in [-0.15, -0.1) is 10.2 Å². The van der Waals surface area contributed by atoms with Crippen molar-refractivity contribution < 1.29 is 4.79 Å². The number of hydrogen-bond acceptors (Lipinski definition) is 6. The summed E-state index contributed by atoms with van der Waals surface area (Å²) in [7, 11) is 0. The van der Waals surface area contributed by atoms with E-state index in [1.54, 1.807) is 11.8 Å². The molecule has 24 heavy (non-hydrogen) atoms. The highest BCUT2D eigenvalue weighted by molar-refractivity contribution is 7.13. The molecule has 0 bridgehead atoms. The molecule has 3 aromatic rings. The number of amides is 1. The van der Waals surface area contributed by atoms with Gasteiger partial charge in [-0.05, 0) is 5.56 Å². The number of benzene rings is 1. The van der Waals surface area contributed by atoms with Gasteiger partial charge in [0.15, 0.2) is 0 Å². The third-order valence-corrected chi connectivity index (χ3v) is 4.70. The zero-order valence-corrected chi connectivity index (χ0v) is 13.7. The lowest BCUT2D eigenvalue weighted by molar-refractivity contribution is -0.117. The normalized spacial score (nSPS) is 17.4. The van der Waals surface area contributed by atoms with Crippen molar-refractivity contribution in [1.82, 2.24) is 25.1 Å². The zero-order valence-electron chi connectivity index (χ0n) is 12.8. The highest BCUT2D eigenvalue weighted by atomic mass is 32.1. The van der Waals surface area contributed by atoms with Crippen LogP contribution in [0.3, 0.4) is 0 Å². The first-order valence-corrected chi connectivity index (χ1v) is 8.56. The van der Waals surface area contributed by atoms with Crippen LogP contribution >= 0.6 is 11.3 Å². The van der Waals surface area contributed by atoms with Gasteiger partial charge >= 0.3 is 0 Å². The summed E-state index contributed by atoms with van der Waals surface area (Å²) in [5.41, 5.74) is 4.87. The molecule has 3 heterocycles. The van der Waals surface area contributed by atoms with Crippen LogP contribution in [0.1, 0.15) is 23.0 Å². The van der Waals surface area contributed by atoms with Gasteiger partial charge in [-0.3, -0.25) is 15.0 Å². The monoisotopic (exact) mass is 340 g/mol. The van der Waals surface area contributed by atoms with Crippen LogP contribution < -0.4 is 5.32 Å². The van der Waals surface area contributed by atoms with Crippen molar-refractivity contribution in [3.8, 4) is 0 Å². The van der Waals surface area contributed by atoms with Crippen LogP contribution in [0, 0.1) is 0 Å². The number of fused-ring (bicyclic) bond motifs is 1. The van der Waals surface area contributed by atoms with E-state index in [2.05, 4.69) is 42.5 Å². The first-order chi connectivity index (χ1) is 11.8. The van der Waals surface area contributed by atoms with Gasteiger partial charge in [-0.25, -0.2) is 4.98 Å². The summed E-state index contributed by atoms with van der Waals surface area (Å²) in [6, 6.07) is 10.1. The van der Waals surface area contributed by atoms with Gasteiger partial charge in [0, 0.05) is 18.7 Å². The molecule has 1 aliphatic heterocycles. The van der Waals surface area contributed by atoms with Crippen LogP contribution in [-0.4, -0.2) is 44.1 Å². The molecule has 1 aliphatic rings. The Morgan fingerprint density at radius 1 is 1.38 bits per heavy atom. The van der Waals surface area contributed by atoms with Crippen LogP contribution in [0.15, 0.2) is 42.2 Å². The molecule has 122 valence electrons. The Morgan fingerprint density at radius 3 is 3.04 bits per heavy atom. The van der Waals surface area contributed by atoms with Gasteiger partial charge in [-0.2, -0.15) is 0 Å². The molecule has 4 rings (SSSR count). The fourth-order valence-electron chi connectivity index (χ4n) is 3.07. The topological polar surface area (TPSA) is 86.8 Å². The lowest BCUT2D eigenvalue weighted by Crippen LogP contribution is -2.41. The largest absolute Gasteiger partial charge is 0.348 e. The van der Waals surface area contributed by atoms with E-state index in [1.165, 1.54) is 11.3 Å². The first kappa shape index (κ1) is 15.0. The van der Waals surface area contributed by atoms with Crippen molar-refractivity contribution in [3.05, 3.63) is 59.1 Å². The minimum Gasteiger partial charge on any atom is -0.348 e. The maximum atomic E-state index is 12.4. The molecule has 0 saturated heterocycles. The fourth-order valence-corrected chi connectivity index (χ4v) is 3.53. The Morgan fingerprint density at radius 2 is 2.25 bits per heavy atom. The molecule has 0 saturated carbocycles. The second kappa shape index (κ2) is 6.50. The average Bonchev–Trinajstić information content (AvgIpc) is 3.26. The fraction of sp³-hybridized carbons (Fsp3) is 0.250. The van der Waals surface area contributed by atoms with Gasteiger partial charge in [0.2, 0.25) is 11.0 Å². The standard InChI is InChI=1S/C16H16N6OS/c23-13(20-16-21-19-10-24-16)8-22-7-6-12-14(18-9-17-12)15(22)11-4-2-1-3-5-11/h1-5,9-10,15H,6-8H2,(H,17,18)(H,20,21,23). The van der Waals surface area contributed by atoms with Crippen LogP contribution in [0.4, 0.5) is 5.13 Å². The predicted molar refractivity (Wildman–Crippen MR) is 90.7 cm³/mol. The molecular weight excluding hydrogens is 324 g/mol. The van der Waals surface area contributed by atoms with Crippen molar-refractivity contribution in [2.75, 3.05) is 18.4 Å². The van der Waals surface area contributed by atoms with Crippen molar-refractivity contribution in [1.29, 1.82) is 0 Å². The van der Waals surface area contributed by atoms with Crippen molar-refractivity contribution >= 4 is 22.4 Å². The maximum absolute atomic E-state index is 12.4. The number of nitrogens with zero attached hydrogens (tertiary/aromatic N) is 4. The van der Waals surface area contributed by atoms with E-state index >= 15 is 0 Å². The summed E-state index contributed by atoms with van der Waals surface area (Å²) in [4.78, 5) is 22.2. The number of carbonyl (C=O) groups is 1. The number of hydrogen-bond donors (Lipinski definition) is 2. The summed E-state index contributed by atoms with van der Waals surface area (Å²) in [5, 5.41) is 10.9. The van der Waals surface area contributed by atoms with Gasteiger partial charge in [0.1, 0.15) is 5.51 Å². The summed E-state index contributed by atoms with van der Waals surface area (Å²) in [5.74, 6) is -0.0910. The predicted octanol–water partition coefficient (Wildman–Crippen LogP) is 1.85. The van der Waals surface area contributed by atoms with Crippen molar-refractivity contribution in [2.24, 2.45) is 0 Å². The Balaban J connectivity index is 1.58. The summed E-state index contributed by atoms with van der Waals surface area (Å²) in [6.45, 7) is 1.07. The number of aromatic nitrogens is 4. The van der Waals surface area contributed by atoms with E-state index in [-0.39, 0.29) is 18.5 Å². The number of aromatic amines is 1. The van der Waals surface area contributed by atoms with Gasteiger partial charge in [0.25, 0.3) is 0 Å². The Labute approximate surface area is 142 Å². The number of imidazole rings is 1. The lowest BCUT2D eigenvalue weighted by atomic mass is 9.95. The van der Waals surface area contributed by atoms with E-state index < -0.39 is 0 Å². The molecule has 1 unspecified atom stereocenters. The number of rotatable bonds is 4. The molecule has 0 spiro atoms. The third kappa shape index (κ3) is 2.93. The molecule has 0 fully saturated rings. The third-order valence-electron chi connectivity index (χ3n) is 4.09. The quantitative estimate of drug-likeness (QED) is 0.757. The van der Waals surface area contributed by atoms with E-state index in [0.29, 0.717) is 5.13 Å². The maximum Gasteiger partial charge on any atom is 0.240 e. The Kier molecular flexibility index (Phi) is 4.06. The van der Waals surface area contributed by atoms with Gasteiger partial charge in [-0.1, -0.05) is 41.7 Å². The van der Waals surface area contributed by atoms with Gasteiger partial charge in [0.05, 0.1) is 24.6 Å². The lowest BCUT2D eigenvalue weighted by Gasteiger charge is -2.34. The molecule has 0 aliphatic carbocycles. The molecule has 7 nitrogen and oxygen atoms in total. The van der Waals surface area contributed by atoms with E-state index in [1.807, 2.05) is 18.2 Å². The minimum absolute atomic E-state index is 0.0265. The summed E-state index contributed by atoms with van der Waals surface area (Å²) >= 11 is 1.31. The van der Waals surface area contributed by atoms with Crippen molar-refractivity contribution in [3.63, 3.8) is 0 Å².